The van der Waals surface area contributed by atoms with Crippen LogP contribution in [-0.4, -0.2) is 46.5 Å². The van der Waals surface area contributed by atoms with Crippen LogP contribution in [0.2, 0.25) is 0 Å². The SMILES string of the molecule is Cc1cnc(NCC2CCN(C(=O)C(F)(F)F)CC2)c([N+](=O)[O-])c1. The standard InChI is InChI=1S/C14H17F3N4O3/c1-9-6-11(21(23)24)12(18-7-9)19-8-10-2-4-20(5-3-10)13(22)14(15,16)17/h6-7,10H,2-5,8H2,1H3,(H,18,19). The molecule has 2 heterocycles. The number of hydrogen-bond donors (Lipinski definition) is 1. The molecule has 0 aromatic carbocycles. The van der Waals surface area contributed by atoms with Crippen LogP contribution in [0.15, 0.2) is 12.3 Å². The van der Waals surface area contributed by atoms with Crippen LogP contribution in [0.25, 0.3) is 0 Å². The average molecular weight is 346 g/mol. The van der Waals surface area contributed by atoms with Crippen molar-refractivity contribution in [3.63, 3.8) is 0 Å². The van der Waals surface area contributed by atoms with Gasteiger partial charge in [0.15, 0.2) is 0 Å². The first kappa shape index (κ1) is 18.0. The monoisotopic (exact) mass is 346 g/mol. The van der Waals surface area contributed by atoms with Gasteiger partial charge in [0.25, 0.3) is 0 Å². The Kier molecular flexibility index (Phi) is 5.25. The van der Waals surface area contributed by atoms with Crippen LogP contribution in [0.3, 0.4) is 0 Å². The average Bonchev–Trinajstić information content (AvgIpc) is 2.52. The molecule has 24 heavy (non-hydrogen) atoms. The van der Waals surface area contributed by atoms with Crippen molar-refractivity contribution in [2.24, 2.45) is 5.92 Å². The van der Waals surface area contributed by atoms with Gasteiger partial charge in [0.2, 0.25) is 5.82 Å². The van der Waals surface area contributed by atoms with E-state index in [9.17, 15) is 28.1 Å². The van der Waals surface area contributed by atoms with Gasteiger partial charge in [-0.1, -0.05) is 0 Å². The summed E-state index contributed by atoms with van der Waals surface area (Å²) in [5.41, 5.74) is 0.519. The summed E-state index contributed by atoms with van der Waals surface area (Å²) in [7, 11) is 0. The first-order chi connectivity index (χ1) is 11.2. The number of anilines is 1. The van der Waals surface area contributed by atoms with Crippen LogP contribution < -0.4 is 5.32 Å². The van der Waals surface area contributed by atoms with Crippen molar-refractivity contribution in [3.05, 3.63) is 27.9 Å². The number of rotatable bonds is 4. The Balaban J connectivity index is 1.90. The number of alkyl halides is 3. The number of likely N-dealkylation sites (tertiary alicyclic amines) is 1. The fourth-order valence-corrected chi connectivity index (χ4v) is 2.59. The highest BCUT2D eigenvalue weighted by Gasteiger charge is 2.43. The summed E-state index contributed by atoms with van der Waals surface area (Å²) in [5.74, 6) is -1.66. The normalized spacial score (nSPS) is 16.1. The second kappa shape index (κ2) is 7.02. The first-order valence-corrected chi connectivity index (χ1v) is 7.39. The highest BCUT2D eigenvalue weighted by molar-refractivity contribution is 5.81. The van der Waals surface area contributed by atoms with Crippen molar-refractivity contribution in [3.8, 4) is 0 Å². The van der Waals surface area contributed by atoms with E-state index >= 15 is 0 Å². The molecular formula is C14H17F3N4O3. The minimum absolute atomic E-state index is 0.0185. The van der Waals surface area contributed by atoms with Gasteiger partial charge >= 0.3 is 17.8 Å². The van der Waals surface area contributed by atoms with E-state index in [0.717, 1.165) is 4.90 Å². The molecule has 1 amide bonds. The zero-order valence-corrected chi connectivity index (χ0v) is 13.0. The van der Waals surface area contributed by atoms with Gasteiger partial charge in [0.1, 0.15) is 0 Å². The number of carbonyl (C=O) groups excluding carboxylic acids is 1. The molecule has 0 bridgehead atoms. The predicted molar refractivity (Wildman–Crippen MR) is 79.5 cm³/mol. The van der Waals surface area contributed by atoms with Crippen LogP contribution >= 0.6 is 0 Å². The van der Waals surface area contributed by atoms with Gasteiger partial charge in [-0.15, -0.1) is 0 Å². The third-order valence-corrected chi connectivity index (χ3v) is 3.90. The van der Waals surface area contributed by atoms with E-state index in [4.69, 9.17) is 0 Å². The number of amides is 1. The predicted octanol–water partition coefficient (Wildman–Crippen LogP) is 2.51. The van der Waals surface area contributed by atoms with Crippen molar-refractivity contribution in [2.45, 2.75) is 25.9 Å². The van der Waals surface area contributed by atoms with Gasteiger partial charge in [-0.2, -0.15) is 13.2 Å². The Bertz CT molecular complexity index is 628. The molecular weight excluding hydrogens is 329 g/mol. The van der Waals surface area contributed by atoms with Crippen molar-refractivity contribution < 1.29 is 22.9 Å². The lowest BCUT2D eigenvalue weighted by Gasteiger charge is -2.32. The summed E-state index contributed by atoms with van der Waals surface area (Å²) in [6, 6.07) is 1.40. The minimum atomic E-state index is -4.85. The van der Waals surface area contributed by atoms with Crippen molar-refractivity contribution >= 4 is 17.4 Å². The summed E-state index contributed by atoms with van der Waals surface area (Å²) in [5, 5.41) is 13.9. The molecule has 1 saturated heterocycles. The minimum Gasteiger partial charge on any atom is -0.364 e. The molecule has 1 aromatic rings. The van der Waals surface area contributed by atoms with E-state index in [1.54, 1.807) is 6.92 Å². The van der Waals surface area contributed by atoms with E-state index < -0.39 is 17.0 Å². The van der Waals surface area contributed by atoms with E-state index in [1.807, 2.05) is 0 Å². The number of hydrogen-bond acceptors (Lipinski definition) is 5. The van der Waals surface area contributed by atoms with Crippen LogP contribution in [-0.2, 0) is 4.79 Å². The quantitative estimate of drug-likeness (QED) is 0.668. The zero-order valence-electron chi connectivity index (χ0n) is 13.0. The molecule has 1 aromatic heterocycles. The first-order valence-electron chi connectivity index (χ1n) is 7.39. The Morgan fingerprint density at radius 2 is 2.08 bits per heavy atom. The number of pyridine rings is 1. The Hall–Kier alpha value is -2.39. The third-order valence-electron chi connectivity index (χ3n) is 3.90. The molecule has 1 N–H and O–H groups in total. The second-order valence-electron chi connectivity index (χ2n) is 5.75. The number of nitrogens with zero attached hydrogens (tertiary/aromatic N) is 3. The molecule has 0 atom stereocenters. The Morgan fingerprint density at radius 3 is 2.62 bits per heavy atom. The third kappa shape index (κ3) is 4.33. The van der Waals surface area contributed by atoms with Crippen LogP contribution in [0, 0.1) is 23.0 Å². The molecule has 1 fully saturated rings. The van der Waals surface area contributed by atoms with Gasteiger partial charge in [0.05, 0.1) is 4.92 Å². The summed E-state index contributed by atoms with van der Waals surface area (Å²) >= 11 is 0. The lowest BCUT2D eigenvalue weighted by Crippen LogP contribution is -2.46. The van der Waals surface area contributed by atoms with E-state index in [0.29, 0.717) is 24.9 Å². The largest absolute Gasteiger partial charge is 0.471 e. The Morgan fingerprint density at radius 1 is 1.46 bits per heavy atom. The highest BCUT2D eigenvalue weighted by atomic mass is 19.4. The van der Waals surface area contributed by atoms with Crippen LogP contribution in [0.4, 0.5) is 24.7 Å². The fourth-order valence-electron chi connectivity index (χ4n) is 2.59. The van der Waals surface area contributed by atoms with Gasteiger partial charge in [-0.05, 0) is 31.2 Å². The number of nitrogens with one attached hydrogen (secondary N) is 1. The fraction of sp³-hybridized carbons (Fsp3) is 0.571. The molecule has 7 nitrogen and oxygen atoms in total. The maximum absolute atomic E-state index is 12.4. The van der Waals surface area contributed by atoms with E-state index in [2.05, 4.69) is 10.3 Å². The lowest BCUT2D eigenvalue weighted by atomic mass is 9.96. The van der Waals surface area contributed by atoms with Crippen LogP contribution in [0.1, 0.15) is 18.4 Å². The van der Waals surface area contributed by atoms with Gasteiger partial charge in [0, 0.05) is 31.9 Å². The summed E-state index contributed by atoms with van der Waals surface area (Å²) in [6.45, 7) is 2.09. The molecule has 1 aliphatic rings. The van der Waals surface area contributed by atoms with Gasteiger partial charge in [-0.25, -0.2) is 4.98 Å². The number of nitro groups is 1. The van der Waals surface area contributed by atoms with Crippen LogP contribution in [0.5, 0.6) is 0 Å². The second-order valence-corrected chi connectivity index (χ2v) is 5.75. The number of piperidine rings is 1. The smallest absolute Gasteiger partial charge is 0.364 e. The summed E-state index contributed by atoms with van der Waals surface area (Å²) in [4.78, 5) is 26.4. The molecule has 0 aliphatic carbocycles. The zero-order chi connectivity index (χ0) is 17.9. The summed E-state index contributed by atoms with van der Waals surface area (Å²) < 4.78 is 37.1. The lowest BCUT2D eigenvalue weighted by molar-refractivity contribution is -0.384. The number of halogens is 3. The topological polar surface area (TPSA) is 88.4 Å². The summed E-state index contributed by atoms with van der Waals surface area (Å²) in [6.07, 6.45) is -2.56. The number of carbonyl (C=O) groups is 1. The van der Waals surface area contributed by atoms with Gasteiger partial charge < -0.3 is 10.2 Å². The number of aryl methyl sites for hydroxylation is 1. The maximum atomic E-state index is 12.4. The van der Waals surface area contributed by atoms with Crippen molar-refractivity contribution in [2.75, 3.05) is 25.0 Å². The highest BCUT2D eigenvalue weighted by Crippen LogP contribution is 2.26. The molecule has 0 radical (unpaired) electrons. The van der Waals surface area contributed by atoms with Crippen molar-refractivity contribution in [1.82, 2.24) is 9.88 Å². The molecule has 0 saturated carbocycles. The molecule has 1 aliphatic heterocycles. The maximum Gasteiger partial charge on any atom is 0.471 e. The van der Waals surface area contributed by atoms with Gasteiger partial charge in [-0.3, -0.25) is 14.9 Å². The molecule has 10 heteroatoms. The molecule has 0 spiro atoms. The van der Waals surface area contributed by atoms with E-state index in [-0.39, 0.29) is 30.5 Å². The van der Waals surface area contributed by atoms with Crippen molar-refractivity contribution in [1.29, 1.82) is 0 Å². The molecule has 0 unspecified atom stereocenters. The molecule has 2 rings (SSSR count). The Labute approximate surface area is 136 Å². The number of aromatic nitrogens is 1. The molecule has 132 valence electrons. The van der Waals surface area contributed by atoms with E-state index in [1.165, 1.54) is 12.3 Å².